The Kier molecular flexibility index (Phi) is 6.81. The van der Waals surface area contributed by atoms with E-state index in [1.807, 2.05) is 0 Å². The smallest absolute Gasteiger partial charge is 0.443 e. The summed E-state index contributed by atoms with van der Waals surface area (Å²) in [4.78, 5) is 3.63. The van der Waals surface area contributed by atoms with Crippen LogP contribution < -0.4 is 4.72 Å². The Hall–Kier alpha value is -0.520. The van der Waals surface area contributed by atoms with Gasteiger partial charge in [-0.3, -0.25) is 0 Å². The summed E-state index contributed by atoms with van der Waals surface area (Å²) in [6, 6.07) is -0.786. The van der Waals surface area contributed by atoms with Crippen LogP contribution in [0.5, 0.6) is 0 Å². The van der Waals surface area contributed by atoms with Crippen LogP contribution in [-0.4, -0.2) is 20.5 Å². The standard InChI is InChI=1S/C16H22F6N2OS2/c1-14(2,3)27(25)24-12(11-8-26-13(23-11)16(20,21)22)9-4-6-10(7-5-9)15(17,18)19/h8-10,12,24H,4-7H2,1-3H3. The molecule has 1 saturated carbocycles. The van der Waals surface area contributed by atoms with Crippen molar-refractivity contribution >= 4 is 22.7 Å². The van der Waals surface area contributed by atoms with Crippen molar-refractivity contribution < 1.29 is 30.9 Å². The molecule has 1 aromatic rings. The van der Waals surface area contributed by atoms with Gasteiger partial charge in [0.15, 0.2) is 5.01 Å². The van der Waals surface area contributed by atoms with Crippen molar-refractivity contribution in [1.29, 1.82) is 0 Å². The lowest BCUT2D eigenvalue weighted by atomic mass is 9.78. The highest BCUT2D eigenvalue weighted by molar-refractivity contribution is 7.90. The molecule has 3 nitrogen and oxygen atoms in total. The first-order valence-electron chi connectivity index (χ1n) is 8.47. The summed E-state index contributed by atoms with van der Waals surface area (Å²) in [5, 5.41) is 0.228. The third-order valence-electron chi connectivity index (χ3n) is 4.58. The zero-order valence-electron chi connectivity index (χ0n) is 15.1. The molecule has 2 rings (SSSR count). The minimum absolute atomic E-state index is 0.0837. The molecule has 0 bridgehead atoms. The molecule has 2 unspecified atom stereocenters. The third-order valence-corrected chi connectivity index (χ3v) is 7.07. The molecular weight excluding hydrogens is 414 g/mol. The third kappa shape index (κ3) is 5.98. The van der Waals surface area contributed by atoms with Crippen LogP contribution in [0.4, 0.5) is 26.3 Å². The van der Waals surface area contributed by atoms with Crippen LogP contribution in [0, 0.1) is 11.8 Å². The topological polar surface area (TPSA) is 48.0 Å². The molecule has 0 aromatic carbocycles. The number of hydrogen-bond acceptors (Lipinski definition) is 4. The van der Waals surface area contributed by atoms with Crippen molar-refractivity contribution in [2.75, 3.05) is 0 Å². The number of aromatic nitrogens is 1. The van der Waals surface area contributed by atoms with Gasteiger partial charge >= 0.3 is 12.4 Å². The highest BCUT2D eigenvalue weighted by Gasteiger charge is 2.45. The minimum Gasteiger partial charge on any atom is -0.598 e. The Labute approximate surface area is 161 Å². The van der Waals surface area contributed by atoms with Gasteiger partial charge in [0.05, 0.1) is 17.7 Å². The maximum Gasteiger partial charge on any atom is 0.443 e. The molecule has 0 aliphatic heterocycles. The lowest BCUT2D eigenvalue weighted by Gasteiger charge is -2.35. The first kappa shape index (κ1) is 22.8. The fourth-order valence-electron chi connectivity index (χ4n) is 3.03. The summed E-state index contributed by atoms with van der Waals surface area (Å²) in [5.74, 6) is -1.76. The van der Waals surface area contributed by atoms with Crippen LogP contribution in [0.3, 0.4) is 0 Å². The summed E-state index contributed by atoms with van der Waals surface area (Å²) in [7, 11) is 0. The molecule has 11 heteroatoms. The van der Waals surface area contributed by atoms with Gasteiger partial charge in [0.2, 0.25) is 0 Å². The zero-order chi connectivity index (χ0) is 20.6. The van der Waals surface area contributed by atoms with E-state index in [4.69, 9.17) is 0 Å². The fraction of sp³-hybridized carbons (Fsp3) is 0.812. The summed E-state index contributed by atoms with van der Waals surface area (Å²) in [6.45, 7) is 5.11. The second-order valence-electron chi connectivity index (χ2n) is 7.71. The normalized spacial score (nSPS) is 24.7. The van der Waals surface area contributed by atoms with Crippen molar-refractivity contribution in [3.63, 3.8) is 0 Å². The van der Waals surface area contributed by atoms with Crippen LogP contribution in [0.2, 0.25) is 0 Å². The molecule has 1 aliphatic carbocycles. The van der Waals surface area contributed by atoms with Gasteiger partial charge in [-0.1, -0.05) is 0 Å². The van der Waals surface area contributed by atoms with Crippen molar-refractivity contribution in [1.82, 2.24) is 9.71 Å². The van der Waals surface area contributed by atoms with Crippen molar-refractivity contribution in [2.45, 2.75) is 69.6 Å². The second kappa shape index (κ2) is 8.08. The Balaban J connectivity index is 2.22. The van der Waals surface area contributed by atoms with Crippen LogP contribution in [0.25, 0.3) is 0 Å². The quantitative estimate of drug-likeness (QED) is 0.492. The molecule has 1 heterocycles. The predicted molar refractivity (Wildman–Crippen MR) is 92.4 cm³/mol. The first-order valence-corrected chi connectivity index (χ1v) is 10.5. The van der Waals surface area contributed by atoms with E-state index < -0.39 is 45.4 Å². The van der Waals surface area contributed by atoms with Crippen LogP contribution in [0.15, 0.2) is 5.38 Å². The molecule has 0 saturated heterocycles. The molecule has 0 spiro atoms. The maximum atomic E-state index is 12.9. The highest BCUT2D eigenvalue weighted by Crippen LogP contribution is 2.44. The number of rotatable bonds is 4. The van der Waals surface area contributed by atoms with Gasteiger partial charge in [0, 0.05) is 16.7 Å². The van der Waals surface area contributed by atoms with Gasteiger partial charge in [-0.15, -0.1) is 16.1 Å². The fourth-order valence-corrected chi connectivity index (χ4v) is 4.65. The largest absolute Gasteiger partial charge is 0.598 e. The molecule has 0 radical (unpaired) electrons. The van der Waals surface area contributed by atoms with E-state index in [9.17, 15) is 30.9 Å². The summed E-state index contributed by atoms with van der Waals surface area (Å²) in [5.41, 5.74) is 0.0837. The Morgan fingerprint density at radius 3 is 2.07 bits per heavy atom. The van der Waals surface area contributed by atoms with Gasteiger partial charge in [-0.2, -0.15) is 26.3 Å². The van der Waals surface area contributed by atoms with E-state index in [-0.39, 0.29) is 37.3 Å². The predicted octanol–water partition coefficient (Wildman–Crippen LogP) is 5.62. The molecule has 1 aliphatic rings. The van der Waals surface area contributed by atoms with Crippen LogP contribution >= 0.6 is 11.3 Å². The Bertz CT molecular complexity index is 618. The van der Waals surface area contributed by atoms with Crippen LogP contribution in [0.1, 0.15) is 63.2 Å². The molecule has 1 fully saturated rings. The van der Waals surface area contributed by atoms with Crippen LogP contribution in [-0.2, 0) is 17.5 Å². The monoisotopic (exact) mass is 436 g/mol. The summed E-state index contributed by atoms with van der Waals surface area (Å²) in [6.07, 6.45) is -8.68. The molecule has 27 heavy (non-hydrogen) atoms. The number of nitrogens with one attached hydrogen (secondary N) is 1. The number of thiazole rings is 1. The Morgan fingerprint density at radius 1 is 1.11 bits per heavy atom. The average Bonchev–Trinajstić information content (AvgIpc) is 3.00. The lowest BCUT2D eigenvalue weighted by molar-refractivity contribution is -0.184. The van der Waals surface area contributed by atoms with Gasteiger partial charge in [-0.05, 0) is 52.4 Å². The maximum absolute atomic E-state index is 12.9. The van der Waals surface area contributed by atoms with Gasteiger partial charge in [0.25, 0.3) is 0 Å². The summed E-state index contributed by atoms with van der Waals surface area (Å²) < 4.78 is 92.0. The molecule has 2 atom stereocenters. The second-order valence-corrected chi connectivity index (χ2v) is 10.6. The van der Waals surface area contributed by atoms with E-state index in [0.29, 0.717) is 11.3 Å². The highest BCUT2D eigenvalue weighted by atomic mass is 32.2. The number of nitrogens with zero attached hydrogens (tertiary/aromatic N) is 1. The molecule has 0 amide bonds. The minimum atomic E-state index is -4.59. The zero-order valence-corrected chi connectivity index (χ0v) is 16.7. The number of halogens is 6. The molecule has 156 valence electrons. The SMILES string of the molecule is CC(C)(C)[S+]([O-])NC(c1csc(C(F)(F)F)n1)C1CCC(C(F)(F)F)CC1. The molecule has 1 N–H and O–H groups in total. The average molecular weight is 436 g/mol. The number of alkyl halides is 6. The molecular formula is C16H22F6N2OS2. The van der Waals surface area contributed by atoms with Crippen molar-refractivity contribution in [2.24, 2.45) is 11.8 Å². The first-order chi connectivity index (χ1) is 12.2. The van der Waals surface area contributed by atoms with E-state index >= 15 is 0 Å². The lowest BCUT2D eigenvalue weighted by Crippen LogP contribution is -2.44. The van der Waals surface area contributed by atoms with Crippen molar-refractivity contribution in [3.05, 3.63) is 16.1 Å². The van der Waals surface area contributed by atoms with E-state index in [2.05, 4.69) is 9.71 Å². The Morgan fingerprint density at radius 2 is 1.67 bits per heavy atom. The van der Waals surface area contributed by atoms with Gasteiger partial charge in [-0.25, -0.2) is 4.98 Å². The van der Waals surface area contributed by atoms with Gasteiger partial charge < -0.3 is 4.55 Å². The summed E-state index contributed by atoms with van der Waals surface area (Å²) >= 11 is -1.16. The van der Waals surface area contributed by atoms with E-state index in [1.54, 1.807) is 20.8 Å². The molecule has 1 aromatic heterocycles. The van der Waals surface area contributed by atoms with Gasteiger partial charge in [0.1, 0.15) is 4.75 Å². The van der Waals surface area contributed by atoms with Crippen molar-refractivity contribution in [3.8, 4) is 0 Å². The van der Waals surface area contributed by atoms with E-state index in [1.165, 1.54) is 5.38 Å². The number of hydrogen-bond donors (Lipinski definition) is 1. The van der Waals surface area contributed by atoms with E-state index in [0.717, 1.165) is 0 Å².